The van der Waals surface area contributed by atoms with Gasteiger partial charge in [0.1, 0.15) is 11.6 Å². The molecule has 1 saturated heterocycles. The first kappa shape index (κ1) is 22.3. The van der Waals surface area contributed by atoms with Gasteiger partial charge in [-0.05, 0) is 42.0 Å². The number of anilines is 1. The number of benzene rings is 2. The molecule has 3 aromatic heterocycles. The summed E-state index contributed by atoms with van der Waals surface area (Å²) < 4.78 is 20.3. The molecular weight excluding hydrogens is 459 g/mol. The first-order valence-corrected chi connectivity index (χ1v) is 12.0. The molecule has 36 heavy (non-hydrogen) atoms. The predicted octanol–water partition coefficient (Wildman–Crippen LogP) is 3.42. The molecule has 0 unspecified atom stereocenters. The Hall–Kier alpha value is -4.18. The van der Waals surface area contributed by atoms with Crippen LogP contribution in [0.5, 0.6) is 0 Å². The molecule has 0 saturated carbocycles. The van der Waals surface area contributed by atoms with E-state index < -0.39 is 0 Å². The van der Waals surface area contributed by atoms with E-state index in [1.54, 1.807) is 16.6 Å². The van der Waals surface area contributed by atoms with Gasteiger partial charge in [-0.25, -0.2) is 4.39 Å². The summed E-state index contributed by atoms with van der Waals surface area (Å²) in [5, 5.41) is 17.4. The normalized spacial score (nSPS) is 14.5. The summed E-state index contributed by atoms with van der Waals surface area (Å²) in [5.74, 6) is 2.26. The van der Waals surface area contributed by atoms with Gasteiger partial charge in [0, 0.05) is 51.1 Å². The Bertz CT molecular complexity index is 1440. The molecule has 0 amide bonds. The van der Waals surface area contributed by atoms with Crippen LogP contribution in [0.4, 0.5) is 10.2 Å². The molecule has 182 valence electrons. The lowest BCUT2D eigenvalue weighted by atomic mass is 10.2. The van der Waals surface area contributed by atoms with Crippen LogP contribution in [-0.4, -0.2) is 61.0 Å². The fraction of sp³-hybridized carbons (Fsp3) is 0.269. The summed E-state index contributed by atoms with van der Waals surface area (Å²) in [7, 11) is 0. The highest BCUT2D eigenvalue weighted by Crippen LogP contribution is 2.19. The Labute approximate surface area is 207 Å². The Morgan fingerprint density at radius 3 is 2.44 bits per heavy atom. The van der Waals surface area contributed by atoms with E-state index in [4.69, 9.17) is 9.62 Å². The van der Waals surface area contributed by atoms with Gasteiger partial charge in [-0.1, -0.05) is 35.5 Å². The van der Waals surface area contributed by atoms with Gasteiger partial charge in [-0.3, -0.25) is 4.90 Å². The second-order valence-corrected chi connectivity index (χ2v) is 8.85. The number of piperazine rings is 1. The van der Waals surface area contributed by atoms with E-state index in [9.17, 15) is 4.39 Å². The van der Waals surface area contributed by atoms with Gasteiger partial charge in [0.2, 0.25) is 11.7 Å². The van der Waals surface area contributed by atoms with Crippen molar-refractivity contribution in [3.8, 4) is 11.4 Å². The largest absolute Gasteiger partial charge is 0.353 e. The average Bonchev–Trinajstić information content (AvgIpc) is 3.56. The highest BCUT2D eigenvalue weighted by atomic mass is 19.1. The van der Waals surface area contributed by atoms with E-state index in [0.29, 0.717) is 35.8 Å². The Kier molecular flexibility index (Phi) is 6.08. The van der Waals surface area contributed by atoms with Gasteiger partial charge in [-0.2, -0.15) is 9.50 Å². The number of nitrogens with zero attached hydrogens (tertiary/aromatic N) is 8. The zero-order valence-electron chi connectivity index (χ0n) is 19.7. The molecule has 0 bridgehead atoms. The molecule has 6 rings (SSSR count). The number of rotatable bonds is 7. The van der Waals surface area contributed by atoms with Crippen molar-refractivity contribution < 1.29 is 8.91 Å². The van der Waals surface area contributed by atoms with E-state index in [0.717, 1.165) is 44.4 Å². The maximum Gasteiger partial charge on any atom is 0.227 e. The number of aryl methyl sites for hydroxylation is 2. The van der Waals surface area contributed by atoms with Gasteiger partial charge in [0.05, 0.1) is 0 Å². The number of hydrogen-bond acceptors (Lipinski definition) is 8. The van der Waals surface area contributed by atoms with Crippen molar-refractivity contribution in [2.75, 3.05) is 31.1 Å². The van der Waals surface area contributed by atoms with Crippen molar-refractivity contribution in [1.29, 1.82) is 0 Å². The van der Waals surface area contributed by atoms with Crippen LogP contribution in [-0.2, 0) is 19.4 Å². The highest BCUT2D eigenvalue weighted by molar-refractivity contribution is 5.53. The monoisotopic (exact) mass is 484 g/mol. The van der Waals surface area contributed by atoms with Crippen molar-refractivity contribution in [2.24, 2.45) is 0 Å². The summed E-state index contributed by atoms with van der Waals surface area (Å²) in [6.45, 7) is 4.76. The molecule has 1 aliphatic rings. The SMILES string of the molecule is Fc1ccc(-c2noc(CCc3nnc4ccc(N5CCN(Cc6ccccc6)CC5)nn34)n2)cc1. The molecule has 2 aromatic carbocycles. The first-order chi connectivity index (χ1) is 17.7. The third-order valence-corrected chi connectivity index (χ3v) is 6.39. The van der Waals surface area contributed by atoms with E-state index in [-0.39, 0.29) is 5.82 Å². The molecule has 0 spiro atoms. The minimum atomic E-state index is -0.304. The van der Waals surface area contributed by atoms with Gasteiger partial charge >= 0.3 is 0 Å². The minimum Gasteiger partial charge on any atom is -0.353 e. The lowest BCUT2D eigenvalue weighted by Crippen LogP contribution is -2.46. The zero-order chi connectivity index (χ0) is 24.3. The summed E-state index contributed by atoms with van der Waals surface area (Å²) >= 11 is 0. The van der Waals surface area contributed by atoms with Gasteiger partial charge < -0.3 is 9.42 Å². The third-order valence-electron chi connectivity index (χ3n) is 6.39. The van der Waals surface area contributed by atoms with Crippen LogP contribution >= 0.6 is 0 Å². The lowest BCUT2D eigenvalue weighted by molar-refractivity contribution is 0.249. The highest BCUT2D eigenvalue weighted by Gasteiger charge is 2.20. The molecule has 9 nitrogen and oxygen atoms in total. The fourth-order valence-electron chi connectivity index (χ4n) is 4.42. The van der Waals surface area contributed by atoms with Crippen LogP contribution in [0.1, 0.15) is 17.3 Å². The van der Waals surface area contributed by atoms with Crippen LogP contribution in [0.25, 0.3) is 17.0 Å². The van der Waals surface area contributed by atoms with Crippen molar-refractivity contribution in [3.63, 3.8) is 0 Å². The topological polar surface area (TPSA) is 88.5 Å². The van der Waals surface area contributed by atoms with Crippen molar-refractivity contribution in [3.05, 3.63) is 89.8 Å². The van der Waals surface area contributed by atoms with Crippen LogP contribution in [0.3, 0.4) is 0 Å². The van der Waals surface area contributed by atoms with Crippen LogP contribution in [0.2, 0.25) is 0 Å². The Morgan fingerprint density at radius 1 is 0.833 bits per heavy atom. The number of aromatic nitrogens is 6. The van der Waals surface area contributed by atoms with E-state index in [1.165, 1.54) is 17.7 Å². The lowest BCUT2D eigenvalue weighted by Gasteiger charge is -2.35. The second-order valence-electron chi connectivity index (χ2n) is 8.85. The first-order valence-electron chi connectivity index (χ1n) is 12.0. The Morgan fingerprint density at radius 2 is 1.64 bits per heavy atom. The summed E-state index contributed by atoms with van der Waals surface area (Å²) in [6, 6.07) is 20.5. The Balaban J connectivity index is 1.10. The zero-order valence-corrected chi connectivity index (χ0v) is 19.7. The van der Waals surface area contributed by atoms with E-state index in [2.05, 4.69) is 60.5 Å². The smallest absolute Gasteiger partial charge is 0.227 e. The van der Waals surface area contributed by atoms with Crippen molar-refractivity contribution in [2.45, 2.75) is 19.4 Å². The van der Waals surface area contributed by atoms with Crippen LogP contribution < -0.4 is 4.90 Å². The standard InChI is InChI=1S/C26H25FN8O/c27-21-8-6-20(7-9-21)26-28-25(36-32-26)13-12-23-30-29-22-10-11-24(31-35(22)23)34-16-14-33(15-17-34)18-19-4-2-1-3-5-19/h1-11H,12-18H2. The van der Waals surface area contributed by atoms with Gasteiger partial charge in [-0.15, -0.1) is 15.3 Å². The summed E-state index contributed by atoms with van der Waals surface area (Å²) in [5.41, 5.74) is 2.74. The van der Waals surface area contributed by atoms with E-state index in [1.807, 2.05) is 12.1 Å². The molecule has 1 aliphatic heterocycles. The molecule has 0 N–H and O–H groups in total. The minimum absolute atomic E-state index is 0.304. The maximum atomic E-state index is 13.2. The number of fused-ring (bicyclic) bond motifs is 1. The second kappa shape index (κ2) is 9.82. The molecule has 10 heteroatoms. The average molecular weight is 485 g/mol. The molecular formula is C26H25FN8O. The van der Waals surface area contributed by atoms with Gasteiger partial charge in [0.15, 0.2) is 11.5 Å². The molecule has 1 fully saturated rings. The third kappa shape index (κ3) is 4.80. The van der Waals surface area contributed by atoms with Gasteiger partial charge in [0.25, 0.3) is 0 Å². The van der Waals surface area contributed by atoms with Crippen LogP contribution in [0.15, 0.2) is 71.3 Å². The molecule has 0 atom stereocenters. The quantitative estimate of drug-likeness (QED) is 0.347. The number of halogens is 1. The predicted molar refractivity (Wildman–Crippen MR) is 132 cm³/mol. The summed E-state index contributed by atoms with van der Waals surface area (Å²) in [4.78, 5) is 9.20. The fourth-order valence-corrected chi connectivity index (χ4v) is 4.42. The molecule has 0 radical (unpaired) electrons. The summed E-state index contributed by atoms with van der Waals surface area (Å²) in [6.07, 6.45) is 1.05. The van der Waals surface area contributed by atoms with E-state index >= 15 is 0 Å². The molecule has 0 aliphatic carbocycles. The number of hydrogen-bond donors (Lipinski definition) is 0. The van der Waals surface area contributed by atoms with Crippen LogP contribution in [0, 0.1) is 5.82 Å². The molecule has 4 heterocycles. The van der Waals surface area contributed by atoms with Crippen molar-refractivity contribution >= 4 is 11.5 Å². The molecule has 5 aromatic rings. The maximum absolute atomic E-state index is 13.2. The van der Waals surface area contributed by atoms with Crippen molar-refractivity contribution in [1.82, 2.24) is 34.9 Å².